The van der Waals surface area contributed by atoms with Crippen LogP contribution in [-0.2, 0) is 6.18 Å². The van der Waals surface area contributed by atoms with Gasteiger partial charge >= 0.3 is 6.18 Å². The second-order valence-corrected chi connectivity index (χ2v) is 6.82. The van der Waals surface area contributed by atoms with Crippen molar-refractivity contribution in [3.63, 3.8) is 0 Å². The second kappa shape index (κ2) is 7.48. The summed E-state index contributed by atoms with van der Waals surface area (Å²) in [5, 5.41) is 14.2. The fraction of sp³-hybridized carbons (Fsp3) is 0.100. The number of ether oxygens (including phenoxy) is 2. The number of fused-ring (bicyclic) bond motifs is 1. The average Bonchev–Trinajstić information content (AvgIpc) is 3.37. The number of para-hydroxylation sites is 1. The van der Waals surface area contributed by atoms with Crippen molar-refractivity contribution in [3.05, 3.63) is 64.6 Å². The lowest BCUT2D eigenvalue weighted by Crippen LogP contribution is -2.08. The van der Waals surface area contributed by atoms with Crippen LogP contribution in [0.15, 0.2) is 54.0 Å². The Kier molecular flexibility index (Phi) is 4.86. The molecule has 0 amide bonds. The molecule has 0 radical (unpaired) electrons. The summed E-state index contributed by atoms with van der Waals surface area (Å²) in [7, 11) is 0. The standard InChI is InChI=1S/C20H12F3N3O2S/c21-20(22,23)14-3-1-2-4-15(14)25-9-13(8-24)19-26-16(10-29-19)12-5-6-17-18(7-12)28-11-27-17/h1-7,9-10,25H,11H2/b13-9+. The van der Waals surface area contributed by atoms with E-state index in [1.165, 1.54) is 35.7 Å². The van der Waals surface area contributed by atoms with Crippen LogP contribution >= 0.6 is 11.3 Å². The number of halogens is 3. The molecule has 0 atom stereocenters. The Bertz CT molecular complexity index is 1130. The summed E-state index contributed by atoms with van der Waals surface area (Å²) in [4.78, 5) is 4.43. The summed E-state index contributed by atoms with van der Waals surface area (Å²) in [6.07, 6.45) is -3.27. The van der Waals surface area contributed by atoms with Gasteiger partial charge in [-0.1, -0.05) is 12.1 Å². The fourth-order valence-electron chi connectivity index (χ4n) is 2.73. The molecule has 0 spiro atoms. The van der Waals surface area contributed by atoms with E-state index in [1.54, 1.807) is 17.5 Å². The number of allylic oxidation sites excluding steroid dienone is 1. The molecule has 2 heterocycles. The molecular weight excluding hydrogens is 403 g/mol. The third kappa shape index (κ3) is 3.88. The van der Waals surface area contributed by atoms with Crippen LogP contribution in [0.3, 0.4) is 0 Å². The van der Waals surface area contributed by atoms with Gasteiger partial charge in [0, 0.05) is 17.1 Å². The number of nitriles is 1. The molecule has 4 rings (SSSR count). The molecule has 0 bridgehead atoms. The number of alkyl halides is 3. The SMILES string of the molecule is N#C/C(=C\Nc1ccccc1C(F)(F)F)c1nc(-c2ccc3c(c2)OCO3)cs1. The van der Waals surface area contributed by atoms with Crippen LogP contribution in [0.25, 0.3) is 16.8 Å². The monoisotopic (exact) mass is 415 g/mol. The lowest BCUT2D eigenvalue weighted by Gasteiger charge is -2.12. The van der Waals surface area contributed by atoms with E-state index in [1.807, 2.05) is 12.1 Å². The molecule has 5 nitrogen and oxygen atoms in total. The van der Waals surface area contributed by atoms with E-state index in [4.69, 9.17) is 9.47 Å². The van der Waals surface area contributed by atoms with Crippen LogP contribution in [0, 0.1) is 11.3 Å². The quantitative estimate of drug-likeness (QED) is 0.567. The predicted octanol–water partition coefficient (Wildman–Crippen LogP) is 5.53. The molecule has 1 N–H and O–H groups in total. The van der Waals surface area contributed by atoms with Crippen molar-refractivity contribution in [2.24, 2.45) is 0 Å². The van der Waals surface area contributed by atoms with Gasteiger partial charge in [0.25, 0.3) is 0 Å². The second-order valence-electron chi connectivity index (χ2n) is 5.96. The minimum absolute atomic E-state index is 0.124. The first-order valence-electron chi connectivity index (χ1n) is 8.34. The lowest BCUT2D eigenvalue weighted by molar-refractivity contribution is -0.136. The van der Waals surface area contributed by atoms with E-state index in [2.05, 4.69) is 10.3 Å². The molecule has 9 heteroatoms. The first-order chi connectivity index (χ1) is 14.0. The molecule has 0 aliphatic carbocycles. The smallest absolute Gasteiger partial charge is 0.418 e. The summed E-state index contributed by atoms with van der Waals surface area (Å²) in [5.74, 6) is 1.26. The molecule has 1 aromatic heterocycles. The van der Waals surface area contributed by atoms with E-state index >= 15 is 0 Å². The van der Waals surface area contributed by atoms with E-state index in [9.17, 15) is 18.4 Å². The Labute approximate surface area is 167 Å². The van der Waals surface area contributed by atoms with E-state index in [-0.39, 0.29) is 18.1 Å². The molecule has 2 aromatic carbocycles. The largest absolute Gasteiger partial charge is 0.454 e. The third-order valence-corrected chi connectivity index (χ3v) is 5.00. The maximum atomic E-state index is 13.1. The number of hydrogen-bond acceptors (Lipinski definition) is 6. The number of hydrogen-bond donors (Lipinski definition) is 1. The number of rotatable bonds is 4. The lowest BCUT2D eigenvalue weighted by atomic mass is 10.1. The van der Waals surface area contributed by atoms with Crippen molar-refractivity contribution in [2.45, 2.75) is 6.18 Å². The molecule has 0 fully saturated rings. The maximum absolute atomic E-state index is 13.1. The zero-order valence-electron chi connectivity index (χ0n) is 14.7. The zero-order valence-corrected chi connectivity index (χ0v) is 15.5. The molecule has 0 unspecified atom stereocenters. The number of nitrogens with one attached hydrogen (secondary N) is 1. The molecule has 0 saturated heterocycles. The van der Waals surface area contributed by atoms with Gasteiger partial charge in [-0.15, -0.1) is 11.3 Å². The highest BCUT2D eigenvalue weighted by Gasteiger charge is 2.33. The third-order valence-electron chi connectivity index (χ3n) is 4.13. The van der Waals surface area contributed by atoms with Crippen LogP contribution in [0.2, 0.25) is 0 Å². The van der Waals surface area contributed by atoms with Crippen LogP contribution in [0.1, 0.15) is 10.6 Å². The molecule has 29 heavy (non-hydrogen) atoms. The predicted molar refractivity (Wildman–Crippen MR) is 102 cm³/mol. The summed E-state index contributed by atoms with van der Waals surface area (Å²) in [6, 6.07) is 12.4. The van der Waals surface area contributed by atoms with E-state index in [0.29, 0.717) is 22.2 Å². The van der Waals surface area contributed by atoms with Gasteiger partial charge in [0.2, 0.25) is 6.79 Å². The van der Waals surface area contributed by atoms with Crippen LogP contribution in [0.5, 0.6) is 11.5 Å². The van der Waals surface area contributed by atoms with Crippen molar-refractivity contribution >= 4 is 22.6 Å². The van der Waals surface area contributed by atoms with Crippen molar-refractivity contribution in [1.29, 1.82) is 5.26 Å². The zero-order chi connectivity index (χ0) is 20.4. The highest BCUT2D eigenvalue weighted by atomic mass is 32.1. The Morgan fingerprint density at radius 1 is 1.17 bits per heavy atom. The van der Waals surface area contributed by atoms with Crippen molar-refractivity contribution in [2.75, 3.05) is 12.1 Å². The van der Waals surface area contributed by atoms with Crippen molar-refractivity contribution < 1.29 is 22.6 Å². The van der Waals surface area contributed by atoms with Crippen molar-refractivity contribution in [1.82, 2.24) is 4.98 Å². The minimum Gasteiger partial charge on any atom is -0.454 e. The van der Waals surface area contributed by atoms with Gasteiger partial charge in [0.05, 0.1) is 16.9 Å². The highest BCUT2D eigenvalue weighted by molar-refractivity contribution is 7.11. The molecule has 146 valence electrons. The van der Waals surface area contributed by atoms with E-state index in [0.717, 1.165) is 11.6 Å². The highest BCUT2D eigenvalue weighted by Crippen LogP contribution is 2.37. The summed E-state index contributed by atoms with van der Waals surface area (Å²) >= 11 is 1.22. The molecule has 0 saturated carbocycles. The first kappa shape index (κ1) is 18.8. The van der Waals surface area contributed by atoms with Gasteiger partial charge in [0.1, 0.15) is 16.6 Å². The van der Waals surface area contributed by atoms with Gasteiger partial charge in [-0.3, -0.25) is 0 Å². The van der Waals surface area contributed by atoms with Crippen molar-refractivity contribution in [3.8, 4) is 28.8 Å². The number of nitrogens with zero attached hydrogens (tertiary/aromatic N) is 2. The van der Waals surface area contributed by atoms with Gasteiger partial charge in [-0.2, -0.15) is 18.4 Å². The average molecular weight is 415 g/mol. The fourth-order valence-corrected chi connectivity index (χ4v) is 3.53. The number of aromatic nitrogens is 1. The first-order valence-corrected chi connectivity index (χ1v) is 9.22. The summed E-state index contributed by atoms with van der Waals surface area (Å²) in [5.41, 5.74) is 0.581. The van der Waals surface area contributed by atoms with Gasteiger partial charge in [0.15, 0.2) is 11.5 Å². The Hall–Kier alpha value is -3.51. The van der Waals surface area contributed by atoms with Crippen LogP contribution in [-0.4, -0.2) is 11.8 Å². The summed E-state index contributed by atoms with van der Waals surface area (Å²) in [6.45, 7) is 0.160. The number of anilines is 1. The number of thiazole rings is 1. The Balaban J connectivity index is 1.59. The summed E-state index contributed by atoms with van der Waals surface area (Å²) < 4.78 is 50.0. The Morgan fingerprint density at radius 2 is 1.97 bits per heavy atom. The Morgan fingerprint density at radius 3 is 2.76 bits per heavy atom. The molecular formula is C20H12F3N3O2S. The van der Waals surface area contributed by atoms with Crippen LogP contribution in [0.4, 0.5) is 18.9 Å². The van der Waals surface area contributed by atoms with Gasteiger partial charge in [-0.05, 0) is 30.3 Å². The van der Waals surface area contributed by atoms with Gasteiger partial charge < -0.3 is 14.8 Å². The minimum atomic E-state index is -4.50. The molecule has 1 aliphatic rings. The number of benzene rings is 2. The molecule has 3 aromatic rings. The van der Waals surface area contributed by atoms with Gasteiger partial charge in [-0.25, -0.2) is 4.98 Å². The van der Waals surface area contributed by atoms with Crippen LogP contribution < -0.4 is 14.8 Å². The van der Waals surface area contributed by atoms with E-state index < -0.39 is 11.7 Å². The molecule has 1 aliphatic heterocycles. The normalized spacial score (nSPS) is 13.2. The topological polar surface area (TPSA) is 67.2 Å². The maximum Gasteiger partial charge on any atom is 0.418 e.